The van der Waals surface area contributed by atoms with Crippen LogP contribution in [0.2, 0.25) is 0 Å². The van der Waals surface area contributed by atoms with E-state index in [4.69, 9.17) is 4.74 Å². The maximum absolute atomic E-state index is 5.88. The van der Waals surface area contributed by atoms with E-state index in [0.717, 1.165) is 29.5 Å². The van der Waals surface area contributed by atoms with Crippen LogP contribution in [-0.2, 0) is 13.2 Å². The molecule has 0 radical (unpaired) electrons. The molecule has 0 spiro atoms. The second kappa shape index (κ2) is 6.86. The van der Waals surface area contributed by atoms with Crippen molar-refractivity contribution >= 4 is 11.3 Å². The highest BCUT2D eigenvalue weighted by molar-refractivity contribution is 7.11. The Morgan fingerprint density at radius 1 is 1.25 bits per heavy atom. The van der Waals surface area contributed by atoms with Crippen molar-refractivity contribution < 1.29 is 4.74 Å². The molecule has 0 amide bonds. The summed E-state index contributed by atoms with van der Waals surface area (Å²) >= 11 is 1.73. The van der Waals surface area contributed by atoms with E-state index in [1.54, 1.807) is 11.3 Å². The number of benzene rings is 1. The average molecular weight is 290 g/mol. The van der Waals surface area contributed by atoms with Gasteiger partial charge in [0.05, 0.1) is 5.69 Å². The van der Waals surface area contributed by atoms with E-state index >= 15 is 0 Å². The molecule has 0 saturated heterocycles. The van der Waals surface area contributed by atoms with E-state index < -0.39 is 0 Å². The molecule has 0 unspecified atom stereocenters. The van der Waals surface area contributed by atoms with Gasteiger partial charge in [-0.25, -0.2) is 4.98 Å². The van der Waals surface area contributed by atoms with Crippen LogP contribution in [0.4, 0.5) is 0 Å². The third-order valence-electron chi connectivity index (χ3n) is 3.15. The minimum absolute atomic E-state index is 0.543. The highest BCUT2D eigenvalue weighted by atomic mass is 32.1. The summed E-state index contributed by atoms with van der Waals surface area (Å²) in [5.74, 6) is 0.941. The lowest BCUT2D eigenvalue weighted by Crippen LogP contribution is -2.11. The third kappa shape index (κ3) is 3.81. The summed E-state index contributed by atoms with van der Waals surface area (Å²) in [6.07, 6.45) is 0. The summed E-state index contributed by atoms with van der Waals surface area (Å²) in [6.45, 7) is 10.8. The summed E-state index contributed by atoms with van der Waals surface area (Å²) in [5, 5.41) is 4.37. The van der Waals surface area contributed by atoms with E-state index in [-0.39, 0.29) is 0 Å². The van der Waals surface area contributed by atoms with Crippen molar-refractivity contribution in [3.63, 3.8) is 0 Å². The van der Waals surface area contributed by atoms with Gasteiger partial charge < -0.3 is 10.1 Å². The van der Waals surface area contributed by atoms with Gasteiger partial charge in [0.2, 0.25) is 0 Å². The van der Waals surface area contributed by atoms with Crippen LogP contribution in [0, 0.1) is 20.8 Å². The normalized spacial score (nSPS) is 10.8. The molecule has 20 heavy (non-hydrogen) atoms. The zero-order chi connectivity index (χ0) is 14.5. The van der Waals surface area contributed by atoms with E-state index in [9.17, 15) is 0 Å². The number of aromatic nitrogens is 1. The van der Waals surface area contributed by atoms with E-state index in [1.165, 1.54) is 16.0 Å². The van der Waals surface area contributed by atoms with Crippen LogP contribution in [0.25, 0.3) is 0 Å². The van der Waals surface area contributed by atoms with Gasteiger partial charge in [0.15, 0.2) is 0 Å². The predicted octanol–water partition coefficient (Wildman–Crippen LogP) is 3.76. The standard InChI is InChI=1S/C16H22N2OS/c1-5-17-9-15-13(4)18-16(20-15)10-19-14-7-6-11(2)8-12(14)3/h6-8,17H,5,9-10H2,1-4H3. The number of hydrogen-bond acceptors (Lipinski definition) is 4. The van der Waals surface area contributed by atoms with Gasteiger partial charge in [-0.2, -0.15) is 0 Å². The molecule has 2 rings (SSSR count). The molecule has 0 aliphatic carbocycles. The molecule has 1 heterocycles. The van der Waals surface area contributed by atoms with E-state index in [1.807, 2.05) is 6.07 Å². The lowest BCUT2D eigenvalue weighted by atomic mass is 10.1. The number of hydrogen-bond donors (Lipinski definition) is 1. The number of nitrogens with one attached hydrogen (secondary N) is 1. The summed E-state index contributed by atoms with van der Waals surface area (Å²) in [4.78, 5) is 5.88. The molecule has 1 aromatic heterocycles. The fraction of sp³-hybridized carbons (Fsp3) is 0.438. The van der Waals surface area contributed by atoms with Crippen molar-refractivity contribution in [2.45, 2.75) is 40.8 Å². The molecule has 1 aromatic carbocycles. The van der Waals surface area contributed by atoms with Crippen LogP contribution >= 0.6 is 11.3 Å². The van der Waals surface area contributed by atoms with Crippen molar-refractivity contribution in [3.8, 4) is 5.75 Å². The Bertz CT molecular complexity index is 578. The summed E-state index contributed by atoms with van der Waals surface area (Å²) < 4.78 is 5.88. The minimum atomic E-state index is 0.543. The molecule has 0 bridgehead atoms. The minimum Gasteiger partial charge on any atom is -0.486 e. The summed E-state index contributed by atoms with van der Waals surface area (Å²) in [6, 6.07) is 6.25. The number of thiazole rings is 1. The lowest BCUT2D eigenvalue weighted by molar-refractivity contribution is 0.303. The highest BCUT2D eigenvalue weighted by Gasteiger charge is 2.08. The topological polar surface area (TPSA) is 34.1 Å². The number of rotatable bonds is 6. The molecule has 0 fully saturated rings. The second-order valence-electron chi connectivity index (χ2n) is 4.95. The number of nitrogens with zero attached hydrogens (tertiary/aromatic N) is 1. The van der Waals surface area contributed by atoms with Crippen molar-refractivity contribution in [1.29, 1.82) is 0 Å². The molecule has 1 N–H and O–H groups in total. The molecular formula is C16H22N2OS. The molecule has 0 atom stereocenters. The van der Waals surface area contributed by atoms with E-state index in [2.05, 4.69) is 50.1 Å². The van der Waals surface area contributed by atoms with Gasteiger partial charge in [0.1, 0.15) is 17.4 Å². The zero-order valence-electron chi connectivity index (χ0n) is 12.6. The Hall–Kier alpha value is -1.39. The van der Waals surface area contributed by atoms with Gasteiger partial charge in [0, 0.05) is 11.4 Å². The maximum Gasteiger partial charge on any atom is 0.140 e. The van der Waals surface area contributed by atoms with Crippen LogP contribution in [0.3, 0.4) is 0 Å². The molecule has 0 aliphatic rings. The Balaban J connectivity index is 2.00. The highest BCUT2D eigenvalue weighted by Crippen LogP contribution is 2.23. The van der Waals surface area contributed by atoms with Gasteiger partial charge in [-0.05, 0) is 38.9 Å². The van der Waals surface area contributed by atoms with Crippen LogP contribution in [0.15, 0.2) is 18.2 Å². The van der Waals surface area contributed by atoms with Crippen LogP contribution in [0.1, 0.15) is 33.6 Å². The Labute approximate surface area is 125 Å². The Morgan fingerprint density at radius 3 is 2.75 bits per heavy atom. The first kappa shape index (κ1) is 15.0. The summed E-state index contributed by atoms with van der Waals surface area (Å²) in [5.41, 5.74) is 3.54. The molecule has 108 valence electrons. The fourth-order valence-corrected chi connectivity index (χ4v) is 3.01. The van der Waals surface area contributed by atoms with Crippen LogP contribution < -0.4 is 10.1 Å². The number of ether oxygens (including phenoxy) is 1. The third-order valence-corrected chi connectivity index (χ3v) is 4.29. The average Bonchev–Trinajstić information content (AvgIpc) is 2.76. The monoisotopic (exact) mass is 290 g/mol. The molecule has 0 saturated carbocycles. The van der Waals surface area contributed by atoms with Gasteiger partial charge >= 0.3 is 0 Å². The zero-order valence-corrected chi connectivity index (χ0v) is 13.4. The van der Waals surface area contributed by atoms with Crippen molar-refractivity contribution in [2.75, 3.05) is 6.54 Å². The smallest absolute Gasteiger partial charge is 0.140 e. The second-order valence-corrected chi connectivity index (χ2v) is 6.12. The molecule has 0 aliphatic heterocycles. The quantitative estimate of drug-likeness (QED) is 0.879. The van der Waals surface area contributed by atoms with Crippen molar-refractivity contribution in [2.24, 2.45) is 0 Å². The molecular weight excluding hydrogens is 268 g/mol. The number of aryl methyl sites for hydroxylation is 3. The van der Waals surface area contributed by atoms with Gasteiger partial charge in [-0.15, -0.1) is 11.3 Å². The molecule has 2 aromatic rings. The first-order valence-electron chi connectivity index (χ1n) is 6.96. The van der Waals surface area contributed by atoms with Crippen LogP contribution in [-0.4, -0.2) is 11.5 Å². The molecule has 4 heteroatoms. The summed E-state index contributed by atoms with van der Waals surface area (Å²) in [7, 11) is 0. The van der Waals surface area contributed by atoms with E-state index in [0.29, 0.717) is 6.61 Å². The maximum atomic E-state index is 5.88. The van der Waals surface area contributed by atoms with Gasteiger partial charge in [-0.3, -0.25) is 0 Å². The van der Waals surface area contributed by atoms with Crippen molar-refractivity contribution in [3.05, 3.63) is 44.9 Å². The van der Waals surface area contributed by atoms with Gasteiger partial charge in [0.25, 0.3) is 0 Å². The Morgan fingerprint density at radius 2 is 2.05 bits per heavy atom. The van der Waals surface area contributed by atoms with Gasteiger partial charge in [-0.1, -0.05) is 24.6 Å². The first-order valence-corrected chi connectivity index (χ1v) is 7.77. The molecule has 3 nitrogen and oxygen atoms in total. The van der Waals surface area contributed by atoms with Crippen molar-refractivity contribution in [1.82, 2.24) is 10.3 Å². The first-order chi connectivity index (χ1) is 9.60. The predicted molar refractivity (Wildman–Crippen MR) is 84.5 cm³/mol. The SMILES string of the molecule is CCNCc1sc(COc2ccc(C)cc2C)nc1C. The lowest BCUT2D eigenvalue weighted by Gasteiger charge is -2.08. The fourth-order valence-electron chi connectivity index (χ4n) is 2.05. The van der Waals surface area contributed by atoms with Crippen LogP contribution in [0.5, 0.6) is 5.75 Å². The Kier molecular flexibility index (Phi) is 5.15. The largest absolute Gasteiger partial charge is 0.486 e.